The summed E-state index contributed by atoms with van der Waals surface area (Å²) in [5.41, 5.74) is 1.05. The van der Waals surface area contributed by atoms with Crippen molar-refractivity contribution in [3.05, 3.63) is 23.3 Å². The zero-order valence-electron chi connectivity index (χ0n) is 17.6. The molecule has 2 aliphatic heterocycles. The van der Waals surface area contributed by atoms with Gasteiger partial charge in [-0.2, -0.15) is 0 Å². The molecule has 2 heterocycles. The number of likely N-dealkylation sites (N-methyl/N-ethyl adjacent to an activating group) is 1. The van der Waals surface area contributed by atoms with Gasteiger partial charge in [0.05, 0.1) is 17.4 Å². The number of carboxylic acid groups (broad SMARTS) is 2. The molecule has 1 spiro atoms. The van der Waals surface area contributed by atoms with Crippen molar-refractivity contribution >= 4 is 11.9 Å². The molecule has 0 amide bonds. The first-order valence-electron chi connectivity index (χ1n) is 10.7. The van der Waals surface area contributed by atoms with Crippen molar-refractivity contribution in [2.75, 3.05) is 20.7 Å². The maximum absolute atomic E-state index is 11.7. The Hall–Kier alpha value is -2.36. The number of hydrogen-bond acceptors (Lipinski definition) is 7. The maximum Gasteiger partial charge on any atom is 0.321 e. The first kappa shape index (κ1) is 20.5. The molecule has 2 bridgehead atoms. The van der Waals surface area contributed by atoms with Gasteiger partial charge in [-0.1, -0.05) is 6.07 Å². The summed E-state index contributed by atoms with van der Waals surface area (Å²) in [6, 6.07) is 2.14. The van der Waals surface area contributed by atoms with E-state index >= 15 is 0 Å². The summed E-state index contributed by atoms with van der Waals surface area (Å²) in [5, 5.41) is 32.5. The van der Waals surface area contributed by atoms with Crippen LogP contribution in [-0.4, -0.2) is 82.7 Å². The van der Waals surface area contributed by atoms with E-state index in [0.29, 0.717) is 18.6 Å². The molecule has 1 saturated heterocycles. The summed E-state index contributed by atoms with van der Waals surface area (Å²) in [5.74, 6) is -1.84. The van der Waals surface area contributed by atoms with Crippen LogP contribution in [0.25, 0.3) is 0 Å². The van der Waals surface area contributed by atoms with Gasteiger partial charge in [0.2, 0.25) is 0 Å². The third-order valence-electron chi connectivity index (χ3n) is 8.15. The van der Waals surface area contributed by atoms with Gasteiger partial charge < -0.3 is 29.7 Å². The van der Waals surface area contributed by atoms with Gasteiger partial charge in [-0.25, -0.2) is 0 Å². The van der Waals surface area contributed by atoms with Crippen molar-refractivity contribution in [1.29, 1.82) is 0 Å². The van der Waals surface area contributed by atoms with Gasteiger partial charge >= 0.3 is 11.9 Å². The normalized spacial score (nSPS) is 36.4. The molecule has 168 valence electrons. The molecule has 2 unspecified atom stereocenters. The summed E-state index contributed by atoms with van der Waals surface area (Å²) >= 11 is 0. The molecule has 6 atom stereocenters. The smallest absolute Gasteiger partial charge is 0.321 e. The second kappa shape index (κ2) is 6.82. The van der Waals surface area contributed by atoms with Crippen molar-refractivity contribution in [3.63, 3.8) is 0 Å². The quantitative estimate of drug-likeness (QED) is 0.514. The number of nitrogens with zero attached hydrogens (tertiary/aromatic N) is 1. The molecule has 4 N–H and O–H groups in total. The van der Waals surface area contributed by atoms with Crippen LogP contribution in [0.2, 0.25) is 0 Å². The molecule has 2 aliphatic carbocycles. The van der Waals surface area contributed by atoms with Crippen molar-refractivity contribution in [3.8, 4) is 11.5 Å². The summed E-state index contributed by atoms with van der Waals surface area (Å²) in [4.78, 5) is 25.3. The third-order valence-corrected chi connectivity index (χ3v) is 8.15. The average Bonchev–Trinajstić information content (AvgIpc) is 3.08. The van der Waals surface area contributed by atoms with E-state index in [-0.39, 0.29) is 17.8 Å². The van der Waals surface area contributed by atoms with Crippen LogP contribution < -0.4 is 10.1 Å². The maximum atomic E-state index is 11.7. The lowest BCUT2D eigenvalue weighted by Gasteiger charge is -2.65. The molecule has 2 fully saturated rings. The van der Waals surface area contributed by atoms with Gasteiger partial charge in [-0.05, 0) is 50.9 Å². The number of carbonyl (C=O) groups is 2. The molecule has 1 aromatic rings. The van der Waals surface area contributed by atoms with Crippen LogP contribution in [0.5, 0.6) is 11.5 Å². The predicted molar refractivity (Wildman–Crippen MR) is 109 cm³/mol. The Morgan fingerprint density at radius 3 is 2.81 bits per heavy atom. The SMILES string of the molecule is CO[C@@]12CC[C@@H](N[C@@H](CC(=O)O)C(=O)O)[C@@H]3Oc4c(O)ccc5c4C31CCN(C)C2C5. The largest absolute Gasteiger partial charge is 0.504 e. The van der Waals surface area contributed by atoms with Gasteiger partial charge in [-0.3, -0.25) is 14.9 Å². The number of phenols is 1. The van der Waals surface area contributed by atoms with Crippen LogP contribution in [0.1, 0.15) is 36.8 Å². The Balaban J connectivity index is 1.63. The van der Waals surface area contributed by atoms with Crippen LogP contribution in [0.4, 0.5) is 0 Å². The third kappa shape index (κ3) is 2.54. The predicted octanol–water partition coefficient (Wildman–Crippen LogP) is 0.716. The number of likely N-dealkylation sites (tertiary alicyclic amines) is 1. The lowest BCUT2D eigenvalue weighted by Crippen LogP contribution is -2.78. The summed E-state index contributed by atoms with van der Waals surface area (Å²) in [6.45, 7) is 0.828. The van der Waals surface area contributed by atoms with E-state index in [4.69, 9.17) is 9.47 Å². The van der Waals surface area contributed by atoms with Crippen LogP contribution in [0.15, 0.2) is 12.1 Å². The number of benzene rings is 1. The van der Waals surface area contributed by atoms with Crippen LogP contribution >= 0.6 is 0 Å². The number of carboxylic acids is 2. The Kier molecular flexibility index (Phi) is 4.52. The lowest BCUT2D eigenvalue weighted by molar-refractivity contribution is -0.204. The Morgan fingerprint density at radius 2 is 2.13 bits per heavy atom. The number of piperidine rings is 1. The van der Waals surface area contributed by atoms with E-state index in [2.05, 4.69) is 17.3 Å². The molecule has 1 aromatic carbocycles. The topological polar surface area (TPSA) is 129 Å². The lowest BCUT2D eigenvalue weighted by atomic mass is 9.48. The van der Waals surface area contributed by atoms with E-state index < -0.39 is 41.5 Å². The van der Waals surface area contributed by atoms with Gasteiger partial charge in [0.25, 0.3) is 0 Å². The second-order valence-corrected chi connectivity index (χ2v) is 9.30. The standard InChI is InChI=1S/C22H28N2O7/c1-24-8-7-21-17-11-3-4-14(25)18(17)31-19(21)12(23-13(20(28)29)10-16(26)27)5-6-22(21,30-2)15(24)9-11/h3-4,12-13,15,19,23,25H,5-10H2,1-2H3,(H,26,27)(H,28,29)/t12-,13+,15?,19+,21?,22-/m1/s1. The van der Waals surface area contributed by atoms with Crippen molar-refractivity contribution in [2.24, 2.45) is 0 Å². The van der Waals surface area contributed by atoms with E-state index in [9.17, 15) is 24.9 Å². The highest BCUT2D eigenvalue weighted by molar-refractivity contribution is 5.80. The van der Waals surface area contributed by atoms with Crippen LogP contribution in [-0.2, 0) is 26.2 Å². The minimum absolute atomic E-state index is 0.0731. The number of rotatable bonds is 6. The second-order valence-electron chi connectivity index (χ2n) is 9.30. The zero-order valence-corrected chi connectivity index (χ0v) is 17.6. The molecule has 0 radical (unpaired) electrons. The highest BCUT2D eigenvalue weighted by Gasteiger charge is 2.73. The van der Waals surface area contributed by atoms with Gasteiger partial charge in [0.15, 0.2) is 11.5 Å². The minimum atomic E-state index is -1.22. The van der Waals surface area contributed by atoms with Crippen LogP contribution in [0.3, 0.4) is 0 Å². The number of nitrogens with one attached hydrogen (secondary N) is 1. The first-order chi connectivity index (χ1) is 14.7. The molecule has 4 aliphatic rings. The minimum Gasteiger partial charge on any atom is -0.504 e. The molecule has 9 heteroatoms. The van der Waals surface area contributed by atoms with E-state index in [0.717, 1.165) is 30.5 Å². The molecule has 31 heavy (non-hydrogen) atoms. The highest BCUT2D eigenvalue weighted by Crippen LogP contribution is 2.66. The van der Waals surface area contributed by atoms with Crippen molar-refractivity contribution < 1.29 is 34.4 Å². The fourth-order valence-electron chi connectivity index (χ4n) is 6.96. The molecular weight excluding hydrogens is 404 g/mol. The monoisotopic (exact) mass is 432 g/mol. The highest BCUT2D eigenvalue weighted by atomic mass is 16.5. The molecule has 5 rings (SSSR count). The summed E-state index contributed by atoms with van der Waals surface area (Å²) in [7, 11) is 3.84. The molecular formula is C22H28N2O7. The Morgan fingerprint density at radius 1 is 1.35 bits per heavy atom. The number of aromatic hydroxyl groups is 1. The average molecular weight is 432 g/mol. The van der Waals surface area contributed by atoms with E-state index in [1.165, 1.54) is 0 Å². The zero-order chi connectivity index (χ0) is 22.1. The van der Waals surface area contributed by atoms with Gasteiger partial charge in [0.1, 0.15) is 12.1 Å². The van der Waals surface area contributed by atoms with Gasteiger partial charge in [0, 0.05) is 24.8 Å². The van der Waals surface area contributed by atoms with Crippen molar-refractivity contribution in [2.45, 2.75) is 67.3 Å². The van der Waals surface area contributed by atoms with E-state index in [1.54, 1.807) is 13.2 Å². The number of aliphatic carboxylic acids is 2. The number of phenolic OH excluding ortho intramolecular Hbond substituents is 1. The molecule has 9 nitrogen and oxygen atoms in total. The molecule has 0 aromatic heterocycles. The fraction of sp³-hybridized carbons (Fsp3) is 0.636. The number of hydrogen-bond donors (Lipinski definition) is 4. The number of ether oxygens (including phenoxy) is 2. The van der Waals surface area contributed by atoms with Gasteiger partial charge in [-0.15, -0.1) is 0 Å². The Labute approximate surface area is 179 Å². The van der Waals surface area contributed by atoms with Crippen LogP contribution in [0, 0.1) is 0 Å². The fourth-order valence-corrected chi connectivity index (χ4v) is 6.96. The summed E-state index contributed by atoms with van der Waals surface area (Å²) in [6.07, 6.45) is 1.82. The Bertz CT molecular complexity index is 952. The van der Waals surface area contributed by atoms with Crippen molar-refractivity contribution in [1.82, 2.24) is 10.2 Å². The first-order valence-corrected chi connectivity index (χ1v) is 10.7. The number of methoxy groups -OCH3 is 1. The van der Waals surface area contributed by atoms with E-state index in [1.807, 2.05) is 6.07 Å². The summed E-state index contributed by atoms with van der Waals surface area (Å²) < 4.78 is 12.8. The molecule has 1 saturated carbocycles.